The van der Waals surface area contributed by atoms with Gasteiger partial charge in [-0.1, -0.05) is 22.8 Å². The van der Waals surface area contributed by atoms with Gasteiger partial charge in [-0.3, -0.25) is 0 Å². The molecule has 0 saturated heterocycles. The van der Waals surface area contributed by atoms with Crippen LogP contribution in [0.1, 0.15) is 45.2 Å². The fraction of sp³-hybridized carbons (Fsp3) is 0.312. The highest BCUT2D eigenvalue weighted by Crippen LogP contribution is 2.35. The summed E-state index contributed by atoms with van der Waals surface area (Å²) >= 11 is 6.16. The fourth-order valence-electron chi connectivity index (χ4n) is 2.68. The molecule has 2 aromatic rings. The van der Waals surface area contributed by atoms with E-state index in [0.29, 0.717) is 22.0 Å². The Hall–Kier alpha value is -2.12. The van der Waals surface area contributed by atoms with Crippen molar-refractivity contribution in [3.8, 4) is 6.07 Å². The van der Waals surface area contributed by atoms with Gasteiger partial charge in [-0.2, -0.15) is 5.26 Å². The zero-order chi connectivity index (χ0) is 15.7. The summed E-state index contributed by atoms with van der Waals surface area (Å²) in [7, 11) is 0. The molecule has 1 aromatic carbocycles. The summed E-state index contributed by atoms with van der Waals surface area (Å²) in [6.45, 7) is 7.34. The Balaban J connectivity index is 2.72. The largest absolute Gasteiger partial charge is 0.358 e. The van der Waals surface area contributed by atoms with Gasteiger partial charge in [0.15, 0.2) is 5.76 Å². The van der Waals surface area contributed by atoms with E-state index in [1.54, 1.807) is 6.92 Å². The van der Waals surface area contributed by atoms with Crippen molar-refractivity contribution in [2.75, 3.05) is 0 Å². The molecule has 0 N–H and O–H groups in total. The summed E-state index contributed by atoms with van der Waals surface area (Å²) in [6, 6.07) is 4.08. The summed E-state index contributed by atoms with van der Waals surface area (Å²) in [4.78, 5) is 11.6. The number of halogens is 1. The van der Waals surface area contributed by atoms with E-state index in [0.717, 1.165) is 28.5 Å². The number of hydrogen-bond donors (Lipinski definition) is 0. The first-order valence-electron chi connectivity index (χ1n) is 6.50. The molecule has 0 radical (unpaired) electrons. The molecule has 0 aliphatic heterocycles. The number of nitriles is 1. The number of aromatic nitrogens is 1. The molecule has 0 aliphatic rings. The average Bonchev–Trinajstić information content (AvgIpc) is 2.75. The summed E-state index contributed by atoms with van der Waals surface area (Å²) in [5.74, 6) is -0.338. The summed E-state index contributed by atoms with van der Waals surface area (Å²) in [5.41, 5.74) is 4.46. The molecule has 0 saturated carbocycles. The molecule has 1 heterocycles. The van der Waals surface area contributed by atoms with Gasteiger partial charge in [-0.25, -0.2) is 0 Å². The Bertz CT molecular complexity index is 757. The quantitative estimate of drug-likeness (QED) is 0.810. The second-order valence-electron chi connectivity index (χ2n) is 5.10. The number of rotatable bonds is 3. The van der Waals surface area contributed by atoms with Crippen LogP contribution in [0, 0.1) is 39.0 Å². The molecule has 0 amide bonds. The van der Waals surface area contributed by atoms with Crippen molar-refractivity contribution in [2.24, 2.45) is 0 Å². The Morgan fingerprint density at radius 1 is 1.33 bits per heavy atom. The van der Waals surface area contributed by atoms with Crippen molar-refractivity contribution >= 4 is 17.9 Å². The van der Waals surface area contributed by atoms with E-state index in [1.165, 1.54) is 0 Å². The highest BCUT2D eigenvalue weighted by molar-refractivity contribution is 6.32. The van der Waals surface area contributed by atoms with E-state index >= 15 is 0 Å². The van der Waals surface area contributed by atoms with Crippen molar-refractivity contribution in [3.63, 3.8) is 0 Å². The molecular formula is C16H15ClN2O2. The minimum Gasteiger partial charge on any atom is -0.358 e. The maximum Gasteiger partial charge on any atom is 0.170 e. The lowest BCUT2D eigenvalue weighted by Gasteiger charge is -2.17. The Morgan fingerprint density at radius 3 is 2.48 bits per heavy atom. The van der Waals surface area contributed by atoms with Crippen molar-refractivity contribution in [1.29, 1.82) is 5.26 Å². The molecule has 5 heteroatoms. The number of benzene rings is 1. The number of hydrogen-bond acceptors (Lipinski definition) is 4. The predicted molar refractivity (Wildman–Crippen MR) is 79.5 cm³/mol. The van der Waals surface area contributed by atoms with Gasteiger partial charge in [0.1, 0.15) is 17.2 Å². The minimum atomic E-state index is -0.661. The van der Waals surface area contributed by atoms with Crippen LogP contribution in [0.2, 0.25) is 5.02 Å². The molecule has 1 unspecified atom stereocenters. The van der Waals surface area contributed by atoms with Crippen LogP contribution in [0.3, 0.4) is 0 Å². The van der Waals surface area contributed by atoms with Gasteiger partial charge >= 0.3 is 0 Å². The van der Waals surface area contributed by atoms with Crippen molar-refractivity contribution < 1.29 is 9.32 Å². The number of aldehydes is 1. The molecule has 2 rings (SSSR count). The lowest BCUT2D eigenvalue weighted by atomic mass is 9.85. The summed E-state index contributed by atoms with van der Waals surface area (Å²) < 4.78 is 5.22. The fourth-order valence-corrected chi connectivity index (χ4v) is 2.87. The highest BCUT2D eigenvalue weighted by atomic mass is 35.5. The Morgan fingerprint density at radius 2 is 2.00 bits per heavy atom. The van der Waals surface area contributed by atoms with Gasteiger partial charge in [0.05, 0.1) is 17.3 Å². The molecule has 1 aromatic heterocycles. The molecule has 4 nitrogen and oxygen atoms in total. The maximum absolute atomic E-state index is 11.6. The normalized spacial score (nSPS) is 12.0. The molecule has 21 heavy (non-hydrogen) atoms. The third-order valence-corrected chi connectivity index (χ3v) is 4.15. The van der Waals surface area contributed by atoms with Crippen molar-refractivity contribution in [1.82, 2.24) is 5.16 Å². The van der Waals surface area contributed by atoms with Crippen LogP contribution in [-0.4, -0.2) is 11.4 Å². The van der Waals surface area contributed by atoms with Gasteiger partial charge in [-0.15, -0.1) is 0 Å². The molecule has 108 valence electrons. The lowest BCUT2D eigenvalue weighted by molar-refractivity contribution is -0.108. The number of nitrogens with zero attached hydrogens (tertiary/aromatic N) is 2. The number of aryl methyl sites for hydroxylation is 3. The SMILES string of the molecule is Cc1cc(C)c(C(C=O)c2onc(C)c2Cl)c(C)c1C#N. The lowest BCUT2D eigenvalue weighted by Crippen LogP contribution is -2.09. The predicted octanol–water partition coefficient (Wildman–Crippen LogP) is 3.76. The molecule has 0 fully saturated rings. The number of carbonyl (C=O) groups excluding carboxylic acids is 1. The van der Waals surface area contributed by atoms with Crippen LogP contribution < -0.4 is 0 Å². The smallest absolute Gasteiger partial charge is 0.170 e. The first-order valence-corrected chi connectivity index (χ1v) is 6.87. The third kappa shape index (κ3) is 2.45. The first kappa shape index (κ1) is 15.3. The average molecular weight is 303 g/mol. The van der Waals surface area contributed by atoms with Gasteiger partial charge in [-0.05, 0) is 49.9 Å². The van der Waals surface area contributed by atoms with Crippen LogP contribution in [0.5, 0.6) is 0 Å². The third-order valence-electron chi connectivity index (χ3n) is 3.69. The molecular weight excluding hydrogens is 288 g/mol. The first-order chi connectivity index (χ1) is 9.92. The second kappa shape index (κ2) is 5.71. The minimum absolute atomic E-state index is 0.322. The van der Waals surface area contributed by atoms with Crippen LogP contribution in [0.25, 0.3) is 0 Å². The molecule has 1 atom stereocenters. The van der Waals surface area contributed by atoms with Crippen molar-refractivity contribution in [2.45, 2.75) is 33.6 Å². The molecule has 0 bridgehead atoms. The molecule has 0 aliphatic carbocycles. The van der Waals surface area contributed by atoms with E-state index in [4.69, 9.17) is 16.1 Å². The van der Waals surface area contributed by atoms with Crippen LogP contribution in [0.15, 0.2) is 10.6 Å². The topological polar surface area (TPSA) is 66.9 Å². The molecule has 0 spiro atoms. The summed E-state index contributed by atoms with van der Waals surface area (Å²) in [6.07, 6.45) is 0.775. The van der Waals surface area contributed by atoms with E-state index in [9.17, 15) is 10.1 Å². The summed E-state index contributed by atoms with van der Waals surface area (Å²) in [5, 5.41) is 13.4. The zero-order valence-corrected chi connectivity index (χ0v) is 13.1. The van der Waals surface area contributed by atoms with Gasteiger partial charge in [0.25, 0.3) is 0 Å². The Kier molecular flexibility index (Phi) is 4.15. The van der Waals surface area contributed by atoms with Crippen molar-refractivity contribution in [3.05, 3.63) is 50.4 Å². The highest BCUT2D eigenvalue weighted by Gasteiger charge is 2.27. The maximum atomic E-state index is 11.6. The zero-order valence-electron chi connectivity index (χ0n) is 12.3. The van der Waals surface area contributed by atoms with Crippen LogP contribution in [0.4, 0.5) is 0 Å². The monoisotopic (exact) mass is 302 g/mol. The van der Waals surface area contributed by atoms with Gasteiger partial charge in [0.2, 0.25) is 0 Å². The second-order valence-corrected chi connectivity index (χ2v) is 5.47. The van der Waals surface area contributed by atoms with Gasteiger partial charge < -0.3 is 9.32 Å². The number of carbonyl (C=O) groups is 1. The standard InChI is InChI=1S/C16H15ClN2O2/c1-8-5-9(2)14(10(3)12(8)6-18)13(7-20)16-15(17)11(4)19-21-16/h5,7,13H,1-4H3. The van der Waals surface area contributed by atoms with Crippen LogP contribution in [-0.2, 0) is 4.79 Å². The Labute approximate surface area is 128 Å². The van der Waals surface area contributed by atoms with E-state index in [2.05, 4.69) is 11.2 Å². The van der Waals surface area contributed by atoms with E-state index < -0.39 is 5.92 Å². The van der Waals surface area contributed by atoms with E-state index in [-0.39, 0.29) is 0 Å². The van der Waals surface area contributed by atoms with E-state index in [1.807, 2.05) is 26.8 Å². The van der Waals surface area contributed by atoms with Crippen LogP contribution >= 0.6 is 11.6 Å². The van der Waals surface area contributed by atoms with Gasteiger partial charge in [0, 0.05) is 0 Å².